The van der Waals surface area contributed by atoms with Crippen LogP contribution in [-0.2, 0) is 13.1 Å². The quantitative estimate of drug-likeness (QED) is 0.698. The Kier molecular flexibility index (Phi) is 8.19. The molecule has 0 amide bonds. The van der Waals surface area contributed by atoms with Crippen LogP contribution in [0, 0.1) is 0 Å². The summed E-state index contributed by atoms with van der Waals surface area (Å²) in [5.41, 5.74) is 2.79. The van der Waals surface area contributed by atoms with Gasteiger partial charge in [0.15, 0.2) is 0 Å². The Morgan fingerprint density at radius 3 is 2.74 bits per heavy atom. The second-order valence-electron chi connectivity index (χ2n) is 5.22. The van der Waals surface area contributed by atoms with E-state index in [9.17, 15) is 0 Å². The van der Waals surface area contributed by atoms with Crippen LogP contribution in [-0.4, -0.2) is 36.5 Å². The number of thioether (sulfide) groups is 1. The van der Waals surface area contributed by atoms with Gasteiger partial charge in [0.25, 0.3) is 0 Å². The minimum Gasteiger partial charge on any atom is -0.313 e. The maximum absolute atomic E-state index is 3.46. The molecule has 0 radical (unpaired) electrons. The Labute approximate surface area is 123 Å². The zero-order valence-corrected chi connectivity index (χ0v) is 13.6. The molecular weight excluding hydrogens is 252 g/mol. The van der Waals surface area contributed by atoms with Crippen LogP contribution in [0.15, 0.2) is 24.3 Å². The van der Waals surface area contributed by atoms with Crippen molar-refractivity contribution in [1.82, 2.24) is 10.2 Å². The average Bonchev–Trinajstić information content (AvgIpc) is 2.40. The monoisotopic (exact) mass is 280 g/mol. The molecule has 0 fully saturated rings. The summed E-state index contributed by atoms with van der Waals surface area (Å²) in [6, 6.07) is 9.55. The van der Waals surface area contributed by atoms with E-state index in [2.05, 4.69) is 61.6 Å². The van der Waals surface area contributed by atoms with Gasteiger partial charge in [-0.15, -0.1) is 0 Å². The highest BCUT2D eigenvalue weighted by atomic mass is 32.2. The molecule has 0 saturated carbocycles. The minimum absolute atomic E-state index is 0.622. The first-order valence-corrected chi connectivity index (χ1v) is 8.54. The number of rotatable bonds is 9. The normalized spacial score (nSPS) is 12.9. The van der Waals surface area contributed by atoms with Gasteiger partial charge in [-0.2, -0.15) is 11.8 Å². The highest BCUT2D eigenvalue weighted by Gasteiger charge is 2.08. The first-order valence-electron chi connectivity index (χ1n) is 7.15. The third-order valence-corrected chi connectivity index (χ3v) is 4.16. The van der Waals surface area contributed by atoms with Gasteiger partial charge < -0.3 is 5.32 Å². The second kappa shape index (κ2) is 9.40. The van der Waals surface area contributed by atoms with Crippen molar-refractivity contribution < 1.29 is 0 Å². The zero-order valence-electron chi connectivity index (χ0n) is 12.8. The predicted molar refractivity (Wildman–Crippen MR) is 87.8 cm³/mol. The Morgan fingerprint density at radius 1 is 1.32 bits per heavy atom. The standard InChI is InChI=1S/C16H28N2S/c1-5-9-17-11-15-7-6-8-16(10-15)12-18(3)14(2)13-19-4/h6-8,10,14,17H,5,9,11-13H2,1-4H3. The summed E-state index contributed by atoms with van der Waals surface area (Å²) in [5, 5.41) is 3.46. The Bertz CT molecular complexity index is 354. The lowest BCUT2D eigenvalue weighted by molar-refractivity contribution is 0.269. The Morgan fingerprint density at radius 2 is 2.05 bits per heavy atom. The molecule has 0 aliphatic carbocycles. The molecule has 1 rings (SSSR count). The molecule has 0 aliphatic rings. The maximum atomic E-state index is 3.46. The topological polar surface area (TPSA) is 15.3 Å². The maximum Gasteiger partial charge on any atom is 0.0233 e. The van der Waals surface area contributed by atoms with E-state index in [4.69, 9.17) is 0 Å². The van der Waals surface area contributed by atoms with E-state index >= 15 is 0 Å². The van der Waals surface area contributed by atoms with Gasteiger partial charge in [-0.05, 0) is 44.3 Å². The van der Waals surface area contributed by atoms with Gasteiger partial charge in [-0.3, -0.25) is 4.90 Å². The van der Waals surface area contributed by atoms with Gasteiger partial charge in [0, 0.05) is 24.9 Å². The molecule has 1 N–H and O–H groups in total. The smallest absolute Gasteiger partial charge is 0.0233 e. The molecule has 2 nitrogen and oxygen atoms in total. The lowest BCUT2D eigenvalue weighted by atomic mass is 10.1. The third-order valence-electron chi connectivity index (χ3n) is 3.34. The van der Waals surface area contributed by atoms with Crippen LogP contribution in [0.2, 0.25) is 0 Å². The zero-order chi connectivity index (χ0) is 14.1. The van der Waals surface area contributed by atoms with E-state index in [0.717, 1.165) is 19.6 Å². The van der Waals surface area contributed by atoms with Crippen molar-refractivity contribution in [2.45, 2.75) is 39.4 Å². The molecule has 0 spiro atoms. The van der Waals surface area contributed by atoms with Crippen molar-refractivity contribution in [3.8, 4) is 0 Å². The van der Waals surface area contributed by atoms with Gasteiger partial charge >= 0.3 is 0 Å². The van der Waals surface area contributed by atoms with Crippen LogP contribution < -0.4 is 5.32 Å². The number of nitrogens with zero attached hydrogens (tertiary/aromatic N) is 1. The molecule has 0 aromatic heterocycles. The van der Waals surface area contributed by atoms with E-state index in [1.54, 1.807) is 0 Å². The van der Waals surface area contributed by atoms with Crippen LogP contribution in [0.1, 0.15) is 31.4 Å². The van der Waals surface area contributed by atoms with Crippen LogP contribution >= 0.6 is 11.8 Å². The van der Waals surface area contributed by atoms with Crippen LogP contribution in [0.4, 0.5) is 0 Å². The first kappa shape index (κ1) is 16.5. The summed E-state index contributed by atoms with van der Waals surface area (Å²) in [6.45, 7) is 7.60. The Balaban J connectivity index is 2.51. The molecule has 3 heteroatoms. The van der Waals surface area contributed by atoms with Crippen molar-refractivity contribution in [3.63, 3.8) is 0 Å². The van der Waals surface area contributed by atoms with E-state index in [0.29, 0.717) is 6.04 Å². The van der Waals surface area contributed by atoms with E-state index in [1.807, 2.05) is 11.8 Å². The number of nitrogens with one attached hydrogen (secondary N) is 1. The van der Waals surface area contributed by atoms with E-state index < -0.39 is 0 Å². The van der Waals surface area contributed by atoms with E-state index in [-0.39, 0.29) is 0 Å². The lowest BCUT2D eigenvalue weighted by Gasteiger charge is -2.24. The molecule has 0 heterocycles. The highest BCUT2D eigenvalue weighted by molar-refractivity contribution is 7.98. The summed E-state index contributed by atoms with van der Waals surface area (Å²) in [5.74, 6) is 1.19. The summed E-state index contributed by atoms with van der Waals surface area (Å²) in [6.07, 6.45) is 3.36. The Hall–Kier alpha value is -0.510. The molecule has 108 valence electrons. The molecule has 1 aromatic rings. The summed E-state index contributed by atoms with van der Waals surface area (Å²) >= 11 is 1.91. The molecule has 0 aliphatic heterocycles. The van der Waals surface area contributed by atoms with Crippen LogP contribution in [0.25, 0.3) is 0 Å². The van der Waals surface area contributed by atoms with Gasteiger partial charge in [-0.1, -0.05) is 31.2 Å². The van der Waals surface area contributed by atoms with Crippen molar-refractivity contribution in [2.24, 2.45) is 0 Å². The molecule has 0 bridgehead atoms. The highest BCUT2D eigenvalue weighted by Crippen LogP contribution is 2.11. The summed E-state index contributed by atoms with van der Waals surface area (Å²) in [7, 11) is 2.21. The number of hydrogen-bond donors (Lipinski definition) is 1. The lowest BCUT2D eigenvalue weighted by Crippen LogP contribution is -2.30. The van der Waals surface area contributed by atoms with Crippen molar-refractivity contribution in [2.75, 3.05) is 25.6 Å². The van der Waals surface area contributed by atoms with Crippen molar-refractivity contribution in [1.29, 1.82) is 0 Å². The number of benzene rings is 1. The fourth-order valence-corrected chi connectivity index (χ4v) is 2.80. The first-order chi connectivity index (χ1) is 9.17. The molecule has 0 saturated heterocycles. The van der Waals surface area contributed by atoms with Gasteiger partial charge in [0.2, 0.25) is 0 Å². The molecular formula is C16H28N2S. The van der Waals surface area contributed by atoms with Crippen molar-refractivity contribution in [3.05, 3.63) is 35.4 Å². The fraction of sp³-hybridized carbons (Fsp3) is 0.625. The summed E-state index contributed by atoms with van der Waals surface area (Å²) in [4.78, 5) is 2.43. The third kappa shape index (κ3) is 6.46. The molecule has 1 atom stereocenters. The molecule has 1 unspecified atom stereocenters. The predicted octanol–water partition coefficient (Wildman–Crippen LogP) is 3.37. The van der Waals surface area contributed by atoms with Crippen LogP contribution in [0.3, 0.4) is 0 Å². The average molecular weight is 280 g/mol. The van der Waals surface area contributed by atoms with E-state index in [1.165, 1.54) is 23.3 Å². The number of hydrogen-bond acceptors (Lipinski definition) is 3. The van der Waals surface area contributed by atoms with Gasteiger partial charge in [-0.25, -0.2) is 0 Å². The van der Waals surface area contributed by atoms with Gasteiger partial charge in [0.05, 0.1) is 0 Å². The van der Waals surface area contributed by atoms with Crippen molar-refractivity contribution >= 4 is 11.8 Å². The fourth-order valence-electron chi connectivity index (χ4n) is 2.06. The minimum atomic E-state index is 0.622. The molecule has 19 heavy (non-hydrogen) atoms. The largest absolute Gasteiger partial charge is 0.313 e. The van der Waals surface area contributed by atoms with Crippen LogP contribution in [0.5, 0.6) is 0 Å². The summed E-state index contributed by atoms with van der Waals surface area (Å²) < 4.78 is 0. The SMILES string of the molecule is CCCNCc1cccc(CN(C)C(C)CSC)c1. The van der Waals surface area contributed by atoms with Gasteiger partial charge in [0.1, 0.15) is 0 Å². The molecule has 1 aromatic carbocycles. The second-order valence-corrected chi connectivity index (χ2v) is 6.13.